The quantitative estimate of drug-likeness (QED) is 0.497. The standard InChI is InChI=1S/C23H21BrN2O4/c1-13-4-7-20(29-13)17-12-18-16-11-15(24)6-9-19(16)30-23(26(18)25-17)14-5-8-21(27-2)22(10-14)28-3/h4-11,18,23H,12H2,1-3H3. The van der Waals surface area contributed by atoms with E-state index in [0.717, 1.165) is 45.0 Å². The Morgan fingerprint density at radius 3 is 2.60 bits per heavy atom. The van der Waals surface area contributed by atoms with E-state index in [1.165, 1.54) is 0 Å². The molecule has 30 heavy (non-hydrogen) atoms. The van der Waals surface area contributed by atoms with E-state index in [4.69, 9.17) is 23.7 Å². The third-order valence-electron chi connectivity index (χ3n) is 5.47. The van der Waals surface area contributed by atoms with Crippen molar-refractivity contribution in [1.29, 1.82) is 0 Å². The van der Waals surface area contributed by atoms with Crippen LogP contribution in [0, 0.1) is 6.92 Å². The van der Waals surface area contributed by atoms with Gasteiger partial charge in [0.25, 0.3) is 0 Å². The third-order valence-corrected chi connectivity index (χ3v) is 5.96. The number of nitrogens with zero attached hydrogens (tertiary/aromatic N) is 2. The lowest BCUT2D eigenvalue weighted by Gasteiger charge is -2.38. The molecule has 1 aromatic heterocycles. The van der Waals surface area contributed by atoms with Gasteiger partial charge in [-0.1, -0.05) is 15.9 Å². The average molecular weight is 469 g/mol. The zero-order chi connectivity index (χ0) is 20.8. The van der Waals surface area contributed by atoms with Gasteiger partial charge in [0.1, 0.15) is 23.0 Å². The van der Waals surface area contributed by atoms with Crippen LogP contribution in [0.2, 0.25) is 0 Å². The average Bonchev–Trinajstić information content (AvgIpc) is 3.39. The Balaban J connectivity index is 1.60. The molecule has 2 unspecified atom stereocenters. The number of furan rings is 1. The highest BCUT2D eigenvalue weighted by Crippen LogP contribution is 2.49. The SMILES string of the molecule is COc1ccc(C2Oc3ccc(Br)cc3C3CC(c4ccc(C)o4)=NN32)cc1OC. The lowest BCUT2D eigenvalue weighted by Crippen LogP contribution is -2.33. The van der Waals surface area contributed by atoms with Crippen molar-refractivity contribution in [2.45, 2.75) is 25.6 Å². The van der Waals surface area contributed by atoms with Crippen molar-refractivity contribution in [2.24, 2.45) is 5.10 Å². The summed E-state index contributed by atoms with van der Waals surface area (Å²) in [6.45, 7) is 1.94. The molecule has 0 saturated heterocycles. The molecule has 6 nitrogen and oxygen atoms in total. The second-order valence-electron chi connectivity index (χ2n) is 7.32. The maximum absolute atomic E-state index is 6.42. The molecule has 0 N–H and O–H groups in total. The van der Waals surface area contributed by atoms with E-state index in [2.05, 4.69) is 22.0 Å². The number of benzene rings is 2. The molecular formula is C23H21BrN2O4. The molecule has 0 bridgehead atoms. The van der Waals surface area contributed by atoms with Crippen molar-refractivity contribution in [3.8, 4) is 17.2 Å². The van der Waals surface area contributed by atoms with Crippen molar-refractivity contribution >= 4 is 21.6 Å². The lowest BCUT2D eigenvalue weighted by molar-refractivity contribution is -0.0192. The molecule has 0 aliphatic carbocycles. The minimum atomic E-state index is -0.392. The molecule has 5 rings (SSSR count). The Labute approximate surface area is 183 Å². The molecular weight excluding hydrogens is 448 g/mol. The fraction of sp³-hybridized carbons (Fsp3) is 0.261. The first-order chi connectivity index (χ1) is 14.6. The Morgan fingerprint density at radius 1 is 1.03 bits per heavy atom. The van der Waals surface area contributed by atoms with Crippen LogP contribution in [0.5, 0.6) is 17.2 Å². The molecule has 2 aliphatic heterocycles. The topological polar surface area (TPSA) is 56.4 Å². The van der Waals surface area contributed by atoms with Gasteiger partial charge in [0, 0.05) is 22.0 Å². The predicted molar refractivity (Wildman–Crippen MR) is 116 cm³/mol. The summed E-state index contributed by atoms with van der Waals surface area (Å²) in [5.41, 5.74) is 2.95. The Kier molecular flexibility index (Phi) is 4.70. The summed E-state index contributed by atoms with van der Waals surface area (Å²) in [5, 5.41) is 6.94. The van der Waals surface area contributed by atoms with Crippen LogP contribution in [0.1, 0.15) is 41.3 Å². The van der Waals surface area contributed by atoms with E-state index in [0.29, 0.717) is 11.5 Å². The van der Waals surface area contributed by atoms with Crippen LogP contribution in [-0.4, -0.2) is 24.9 Å². The normalized spacial score (nSPS) is 19.6. The first-order valence-corrected chi connectivity index (χ1v) is 10.5. The maximum atomic E-state index is 6.42. The minimum absolute atomic E-state index is 0.0461. The number of hydrogen-bond donors (Lipinski definition) is 0. The number of methoxy groups -OCH3 is 2. The second-order valence-corrected chi connectivity index (χ2v) is 8.24. The summed E-state index contributed by atoms with van der Waals surface area (Å²) in [6.07, 6.45) is 0.348. The van der Waals surface area contributed by atoms with Crippen LogP contribution >= 0.6 is 15.9 Å². The Hall–Kier alpha value is -2.93. The van der Waals surface area contributed by atoms with Gasteiger partial charge in [0.05, 0.1) is 20.3 Å². The molecule has 0 fully saturated rings. The van der Waals surface area contributed by atoms with Crippen molar-refractivity contribution in [3.05, 3.63) is 75.7 Å². The van der Waals surface area contributed by atoms with Gasteiger partial charge in [-0.25, -0.2) is 5.01 Å². The van der Waals surface area contributed by atoms with Crippen LogP contribution < -0.4 is 14.2 Å². The van der Waals surface area contributed by atoms with Crippen LogP contribution in [0.4, 0.5) is 0 Å². The number of halogens is 1. The van der Waals surface area contributed by atoms with Gasteiger partial charge in [-0.05, 0) is 55.5 Å². The number of hydrogen-bond acceptors (Lipinski definition) is 6. The Morgan fingerprint density at radius 2 is 1.87 bits per heavy atom. The van der Waals surface area contributed by atoms with E-state index in [9.17, 15) is 0 Å². The molecule has 2 aromatic carbocycles. The highest BCUT2D eigenvalue weighted by molar-refractivity contribution is 9.10. The van der Waals surface area contributed by atoms with Gasteiger partial charge in [0.15, 0.2) is 11.5 Å². The summed E-state index contributed by atoms with van der Waals surface area (Å²) in [4.78, 5) is 0. The highest BCUT2D eigenvalue weighted by atomic mass is 79.9. The molecule has 0 spiro atoms. The fourth-order valence-corrected chi connectivity index (χ4v) is 4.40. The van der Waals surface area contributed by atoms with Crippen molar-refractivity contribution in [2.75, 3.05) is 14.2 Å². The van der Waals surface area contributed by atoms with Gasteiger partial charge in [0.2, 0.25) is 6.23 Å². The van der Waals surface area contributed by atoms with Gasteiger partial charge in [-0.15, -0.1) is 0 Å². The molecule has 3 aromatic rings. The van der Waals surface area contributed by atoms with Gasteiger partial charge in [-0.3, -0.25) is 0 Å². The molecule has 2 atom stereocenters. The molecule has 7 heteroatoms. The van der Waals surface area contributed by atoms with E-state index >= 15 is 0 Å². The lowest BCUT2D eigenvalue weighted by atomic mass is 9.97. The van der Waals surface area contributed by atoms with Crippen molar-refractivity contribution in [1.82, 2.24) is 5.01 Å². The summed E-state index contributed by atoms with van der Waals surface area (Å²) in [7, 11) is 3.26. The predicted octanol–water partition coefficient (Wildman–Crippen LogP) is 5.61. The van der Waals surface area contributed by atoms with E-state index in [-0.39, 0.29) is 6.04 Å². The first kappa shape index (κ1) is 19.1. The van der Waals surface area contributed by atoms with E-state index < -0.39 is 6.23 Å². The fourth-order valence-electron chi connectivity index (χ4n) is 4.02. The monoisotopic (exact) mass is 468 g/mol. The minimum Gasteiger partial charge on any atom is -0.493 e. The zero-order valence-corrected chi connectivity index (χ0v) is 18.5. The molecule has 0 radical (unpaired) electrons. The molecule has 2 aliphatic rings. The largest absolute Gasteiger partial charge is 0.493 e. The smallest absolute Gasteiger partial charge is 0.214 e. The zero-order valence-electron chi connectivity index (χ0n) is 16.9. The summed E-state index contributed by atoms with van der Waals surface area (Å²) in [6, 6.07) is 15.9. The van der Waals surface area contributed by atoms with Gasteiger partial charge in [-0.2, -0.15) is 5.10 Å². The Bertz CT molecular complexity index is 1140. The molecule has 3 heterocycles. The molecule has 0 saturated carbocycles. The number of rotatable bonds is 4. The van der Waals surface area contributed by atoms with Crippen LogP contribution in [-0.2, 0) is 0 Å². The van der Waals surface area contributed by atoms with E-state index in [1.54, 1.807) is 14.2 Å². The molecule has 0 amide bonds. The van der Waals surface area contributed by atoms with Crippen LogP contribution in [0.25, 0.3) is 0 Å². The number of ether oxygens (including phenoxy) is 3. The summed E-state index contributed by atoms with van der Waals surface area (Å²) >= 11 is 3.59. The highest BCUT2D eigenvalue weighted by Gasteiger charge is 2.42. The van der Waals surface area contributed by atoms with Gasteiger partial charge < -0.3 is 18.6 Å². The summed E-state index contributed by atoms with van der Waals surface area (Å²) < 4.78 is 24.2. The molecule has 154 valence electrons. The van der Waals surface area contributed by atoms with Gasteiger partial charge >= 0.3 is 0 Å². The first-order valence-electron chi connectivity index (χ1n) is 9.68. The van der Waals surface area contributed by atoms with Crippen LogP contribution in [0.15, 0.2) is 62.5 Å². The number of hydrazone groups is 1. The van der Waals surface area contributed by atoms with Crippen molar-refractivity contribution < 1.29 is 18.6 Å². The maximum Gasteiger partial charge on any atom is 0.214 e. The number of fused-ring (bicyclic) bond motifs is 3. The third kappa shape index (κ3) is 3.13. The van der Waals surface area contributed by atoms with E-state index in [1.807, 2.05) is 54.4 Å². The van der Waals surface area contributed by atoms with Crippen LogP contribution in [0.3, 0.4) is 0 Å². The second kappa shape index (κ2) is 7.40. The number of aryl methyl sites for hydroxylation is 1. The summed E-state index contributed by atoms with van der Waals surface area (Å²) in [5.74, 6) is 3.85. The van der Waals surface area contributed by atoms with Crippen molar-refractivity contribution in [3.63, 3.8) is 0 Å².